The summed E-state index contributed by atoms with van der Waals surface area (Å²) in [4.78, 5) is 41.1. The molecule has 0 saturated heterocycles. The molecule has 0 spiro atoms. The van der Waals surface area contributed by atoms with E-state index in [1.165, 1.54) is 30.7 Å². The van der Waals surface area contributed by atoms with Crippen LogP contribution < -0.4 is 14.9 Å². The first-order valence-corrected chi connectivity index (χ1v) is 10.5. The molecule has 1 aromatic heterocycles. The summed E-state index contributed by atoms with van der Waals surface area (Å²) in [7, 11) is 0. The van der Waals surface area contributed by atoms with E-state index in [1.807, 2.05) is 0 Å². The number of carbonyl (C=O) groups excluding carboxylic acids is 3. The molecule has 0 bridgehead atoms. The van der Waals surface area contributed by atoms with E-state index in [-0.39, 0.29) is 11.5 Å². The molecular formula is C27H19N3O5. The van der Waals surface area contributed by atoms with E-state index in [0.717, 1.165) is 0 Å². The van der Waals surface area contributed by atoms with Crippen LogP contribution in [-0.4, -0.2) is 29.0 Å². The van der Waals surface area contributed by atoms with Crippen LogP contribution in [0.25, 0.3) is 0 Å². The Hall–Kier alpha value is -5.11. The predicted octanol–water partition coefficient (Wildman–Crippen LogP) is 4.28. The van der Waals surface area contributed by atoms with Crippen molar-refractivity contribution in [3.05, 3.63) is 126 Å². The van der Waals surface area contributed by atoms with Crippen LogP contribution in [-0.2, 0) is 0 Å². The Bertz CT molecular complexity index is 1360. The van der Waals surface area contributed by atoms with E-state index < -0.39 is 17.8 Å². The maximum Gasteiger partial charge on any atom is 0.343 e. The van der Waals surface area contributed by atoms with Gasteiger partial charge in [0.25, 0.3) is 5.91 Å². The SMILES string of the molecule is O=C(NN=Cc1ccc(OC(=O)c2ccccc2)cc1OC(=O)c1ccccc1)c1ccncc1. The summed E-state index contributed by atoms with van der Waals surface area (Å²) in [5.74, 6) is -1.32. The number of nitrogens with one attached hydrogen (secondary N) is 1. The van der Waals surface area contributed by atoms with Crippen LogP contribution in [0.4, 0.5) is 0 Å². The van der Waals surface area contributed by atoms with Crippen LogP contribution in [0.15, 0.2) is 108 Å². The third-order valence-electron chi connectivity index (χ3n) is 4.73. The molecule has 172 valence electrons. The summed E-state index contributed by atoms with van der Waals surface area (Å²) in [5, 5.41) is 3.95. The molecule has 0 aliphatic carbocycles. The molecule has 0 unspecified atom stereocenters. The van der Waals surface area contributed by atoms with E-state index in [4.69, 9.17) is 9.47 Å². The van der Waals surface area contributed by atoms with Gasteiger partial charge in [0.2, 0.25) is 0 Å². The lowest BCUT2D eigenvalue weighted by molar-refractivity contribution is 0.0732. The Balaban J connectivity index is 1.56. The van der Waals surface area contributed by atoms with Crippen LogP contribution in [0, 0.1) is 0 Å². The molecule has 4 rings (SSSR count). The van der Waals surface area contributed by atoms with E-state index in [0.29, 0.717) is 22.3 Å². The van der Waals surface area contributed by atoms with Crippen LogP contribution in [0.5, 0.6) is 11.5 Å². The maximum absolute atomic E-state index is 12.6. The lowest BCUT2D eigenvalue weighted by Crippen LogP contribution is -2.17. The highest BCUT2D eigenvalue weighted by Crippen LogP contribution is 2.25. The number of aromatic nitrogens is 1. The summed E-state index contributed by atoms with van der Waals surface area (Å²) in [6.45, 7) is 0. The van der Waals surface area contributed by atoms with Gasteiger partial charge >= 0.3 is 11.9 Å². The number of hydrogen-bond acceptors (Lipinski definition) is 7. The van der Waals surface area contributed by atoms with Crippen molar-refractivity contribution in [2.75, 3.05) is 0 Å². The second kappa shape index (κ2) is 11.2. The van der Waals surface area contributed by atoms with Crippen molar-refractivity contribution in [3.8, 4) is 11.5 Å². The zero-order valence-electron chi connectivity index (χ0n) is 18.3. The molecule has 0 fully saturated rings. The fourth-order valence-corrected chi connectivity index (χ4v) is 2.97. The van der Waals surface area contributed by atoms with Gasteiger partial charge in [0.05, 0.1) is 17.3 Å². The highest BCUT2D eigenvalue weighted by atomic mass is 16.5. The first-order chi connectivity index (χ1) is 17.1. The number of pyridine rings is 1. The van der Waals surface area contributed by atoms with Gasteiger partial charge in [0, 0.05) is 29.6 Å². The standard InChI is InChI=1S/C27H19N3O5/c31-25(19-13-15-28-16-14-19)30-29-18-22-11-12-23(34-26(32)20-7-3-1-4-8-20)17-24(22)35-27(33)21-9-5-2-6-10-21/h1-18H,(H,30,31). The van der Waals surface area contributed by atoms with Crippen molar-refractivity contribution >= 4 is 24.1 Å². The van der Waals surface area contributed by atoms with Crippen LogP contribution >= 0.6 is 0 Å². The minimum absolute atomic E-state index is 0.0964. The number of hydrogen-bond donors (Lipinski definition) is 1. The monoisotopic (exact) mass is 465 g/mol. The second-order valence-corrected chi connectivity index (χ2v) is 7.15. The van der Waals surface area contributed by atoms with Gasteiger partial charge in [-0.2, -0.15) is 5.10 Å². The molecule has 0 saturated carbocycles. The second-order valence-electron chi connectivity index (χ2n) is 7.15. The number of ether oxygens (including phenoxy) is 2. The topological polar surface area (TPSA) is 107 Å². The van der Waals surface area contributed by atoms with Crippen molar-refractivity contribution in [2.45, 2.75) is 0 Å². The van der Waals surface area contributed by atoms with Crippen molar-refractivity contribution in [2.24, 2.45) is 5.10 Å². The highest BCUT2D eigenvalue weighted by Gasteiger charge is 2.15. The smallest absolute Gasteiger partial charge is 0.343 e. The average molecular weight is 465 g/mol. The summed E-state index contributed by atoms with van der Waals surface area (Å²) in [6.07, 6.45) is 4.32. The predicted molar refractivity (Wildman–Crippen MR) is 129 cm³/mol. The third kappa shape index (κ3) is 6.23. The Morgan fingerprint density at radius 2 is 1.31 bits per heavy atom. The Labute approximate surface area is 200 Å². The molecule has 1 N–H and O–H groups in total. The minimum Gasteiger partial charge on any atom is -0.423 e. The summed E-state index contributed by atoms with van der Waals surface area (Å²) in [6, 6.07) is 24.5. The molecule has 8 heteroatoms. The molecule has 8 nitrogen and oxygen atoms in total. The Kier molecular flexibility index (Phi) is 7.35. The van der Waals surface area contributed by atoms with Crippen LogP contribution in [0.2, 0.25) is 0 Å². The van der Waals surface area contributed by atoms with Gasteiger partial charge in [0.1, 0.15) is 11.5 Å². The number of amides is 1. The quantitative estimate of drug-likeness (QED) is 0.189. The number of nitrogens with zero attached hydrogens (tertiary/aromatic N) is 2. The van der Waals surface area contributed by atoms with Gasteiger partial charge in [-0.25, -0.2) is 15.0 Å². The van der Waals surface area contributed by atoms with Gasteiger partial charge in [-0.3, -0.25) is 9.78 Å². The maximum atomic E-state index is 12.6. The molecule has 0 atom stereocenters. The molecule has 1 amide bonds. The average Bonchev–Trinajstić information content (AvgIpc) is 2.91. The Morgan fingerprint density at radius 1 is 0.714 bits per heavy atom. The molecule has 3 aromatic carbocycles. The van der Waals surface area contributed by atoms with Crippen molar-refractivity contribution in [1.82, 2.24) is 10.4 Å². The number of benzene rings is 3. The molecule has 0 aliphatic rings. The number of hydrazone groups is 1. The van der Waals surface area contributed by atoms with Crippen LogP contribution in [0.1, 0.15) is 36.6 Å². The van der Waals surface area contributed by atoms with E-state index in [2.05, 4.69) is 15.5 Å². The summed E-state index contributed by atoms with van der Waals surface area (Å²) in [5.41, 5.74) is 3.88. The van der Waals surface area contributed by atoms with Gasteiger partial charge in [-0.05, 0) is 48.5 Å². The highest BCUT2D eigenvalue weighted by molar-refractivity contribution is 5.96. The van der Waals surface area contributed by atoms with Gasteiger partial charge in [-0.1, -0.05) is 36.4 Å². The van der Waals surface area contributed by atoms with E-state index in [1.54, 1.807) is 78.9 Å². The lowest BCUT2D eigenvalue weighted by atomic mass is 10.2. The van der Waals surface area contributed by atoms with Gasteiger partial charge in [-0.15, -0.1) is 0 Å². The largest absolute Gasteiger partial charge is 0.423 e. The van der Waals surface area contributed by atoms with Gasteiger partial charge in [0.15, 0.2) is 0 Å². The third-order valence-corrected chi connectivity index (χ3v) is 4.73. The lowest BCUT2D eigenvalue weighted by Gasteiger charge is -2.10. The molecule has 0 aliphatic heterocycles. The van der Waals surface area contributed by atoms with Gasteiger partial charge < -0.3 is 9.47 Å². The molecule has 0 radical (unpaired) electrons. The minimum atomic E-state index is -0.604. The van der Waals surface area contributed by atoms with E-state index >= 15 is 0 Å². The zero-order chi connectivity index (χ0) is 24.5. The van der Waals surface area contributed by atoms with Crippen LogP contribution in [0.3, 0.4) is 0 Å². The van der Waals surface area contributed by atoms with Crippen molar-refractivity contribution in [1.29, 1.82) is 0 Å². The van der Waals surface area contributed by atoms with Crippen molar-refractivity contribution in [3.63, 3.8) is 0 Å². The number of rotatable bonds is 7. The zero-order valence-corrected chi connectivity index (χ0v) is 18.3. The molecule has 35 heavy (non-hydrogen) atoms. The van der Waals surface area contributed by atoms with E-state index in [9.17, 15) is 14.4 Å². The molecule has 4 aromatic rings. The molecular weight excluding hydrogens is 446 g/mol. The first kappa shape index (κ1) is 23.1. The fourth-order valence-electron chi connectivity index (χ4n) is 2.97. The normalized spacial score (nSPS) is 10.5. The molecule has 1 heterocycles. The summed E-state index contributed by atoms with van der Waals surface area (Å²) < 4.78 is 11.0. The fraction of sp³-hybridized carbons (Fsp3) is 0. The summed E-state index contributed by atoms with van der Waals surface area (Å²) >= 11 is 0. The van der Waals surface area contributed by atoms with Crippen molar-refractivity contribution < 1.29 is 23.9 Å². The first-order valence-electron chi connectivity index (χ1n) is 10.5. The Morgan fingerprint density at radius 3 is 1.94 bits per heavy atom. The number of carbonyl (C=O) groups is 3. The number of esters is 2.